The summed E-state index contributed by atoms with van der Waals surface area (Å²) in [6, 6.07) is 16.3. The van der Waals surface area contributed by atoms with Crippen molar-refractivity contribution in [1.82, 2.24) is 10.2 Å². The highest BCUT2D eigenvalue weighted by molar-refractivity contribution is 5.76. The van der Waals surface area contributed by atoms with Gasteiger partial charge in [-0.3, -0.25) is 0 Å². The summed E-state index contributed by atoms with van der Waals surface area (Å²) in [5.74, 6) is -0.230. The molecule has 2 amide bonds. The van der Waals surface area contributed by atoms with Crippen molar-refractivity contribution in [2.45, 2.75) is 13.0 Å². The van der Waals surface area contributed by atoms with Gasteiger partial charge in [0, 0.05) is 19.6 Å². The van der Waals surface area contributed by atoms with E-state index in [4.69, 9.17) is 0 Å². The molecule has 0 unspecified atom stereocenters. The van der Waals surface area contributed by atoms with E-state index < -0.39 is 0 Å². The van der Waals surface area contributed by atoms with Gasteiger partial charge in [-0.1, -0.05) is 48.5 Å². The second kappa shape index (κ2) is 7.09. The lowest BCUT2D eigenvalue weighted by Crippen LogP contribution is -2.41. The van der Waals surface area contributed by atoms with Crippen LogP contribution in [0.3, 0.4) is 0 Å². The molecule has 0 spiro atoms. The van der Waals surface area contributed by atoms with Crippen LogP contribution >= 0.6 is 0 Å². The van der Waals surface area contributed by atoms with E-state index in [2.05, 4.69) is 5.32 Å². The van der Waals surface area contributed by atoms with Crippen molar-refractivity contribution in [3.05, 3.63) is 77.6 Å². The number of carbonyl (C=O) groups excluding carboxylic acids is 1. The van der Waals surface area contributed by atoms with Crippen molar-refractivity contribution >= 4 is 11.6 Å². The number of hydrogen-bond acceptors (Lipinski definition) is 1. The summed E-state index contributed by atoms with van der Waals surface area (Å²) in [6.45, 7) is 1.78. The summed E-state index contributed by atoms with van der Waals surface area (Å²) >= 11 is 0. The Morgan fingerprint density at radius 2 is 1.83 bits per heavy atom. The van der Waals surface area contributed by atoms with Crippen molar-refractivity contribution in [2.24, 2.45) is 0 Å². The summed E-state index contributed by atoms with van der Waals surface area (Å²) in [7, 11) is 0. The Hall–Kier alpha value is -2.62. The van der Waals surface area contributed by atoms with Crippen LogP contribution in [0.15, 0.2) is 60.7 Å². The molecule has 0 radical (unpaired) electrons. The van der Waals surface area contributed by atoms with E-state index in [9.17, 15) is 9.18 Å². The van der Waals surface area contributed by atoms with Crippen LogP contribution in [0.25, 0.3) is 5.57 Å². The van der Waals surface area contributed by atoms with Crippen LogP contribution in [0.5, 0.6) is 0 Å². The molecule has 0 bridgehead atoms. The fourth-order valence-corrected chi connectivity index (χ4v) is 2.67. The molecule has 4 heteroatoms. The van der Waals surface area contributed by atoms with Gasteiger partial charge >= 0.3 is 6.03 Å². The number of nitrogens with one attached hydrogen (secondary N) is 1. The predicted molar refractivity (Wildman–Crippen MR) is 89.2 cm³/mol. The molecular formula is C19H19FN2O. The highest BCUT2D eigenvalue weighted by atomic mass is 19.1. The Balaban J connectivity index is 1.55. The van der Waals surface area contributed by atoms with Crippen LogP contribution in [0.1, 0.15) is 17.5 Å². The maximum atomic E-state index is 13.0. The van der Waals surface area contributed by atoms with Crippen LogP contribution in [0.4, 0.5) is 9.18 Å². The molecule has 1 heterocycles. The van der Waals surface area contributed by atoms with Gasteiger partial charge in [0.05, 0.1) is 0 Å². The Labute approximate surface area is 135 Å². The van der Waals surface area contributed by atoms with Crippen molar-refractivity contribution in [3.63, 3.8) is 0 Å². The third-order valence-corrected chi connectivity index (χ3v) is 4.00. The predicted octanol–water partition coefficient (Wildman–Crippen LogP) is 3.82. The zero-order valence-corrected chi connectivity index (χ0v) is 12.8. The van der Waals surface area contributed by atoms with Gasteiger partial charge in [-0.2, -0.15) is 0 Å². The van der Waals surface area contributed by atoms with Gasteiger partial charge in [-0.05, 0) is 35.3 Å². The zero-order chi connectivity index (χ0) is 16.1. The lowest BCUT2D eigenvalue weighted by atomic mass is 10.00. The summed E-state index contributed by atoms with van der Waals surface area (Å²) < 4.78 is 13.0. The fraction of sp³-hybridized carbons (Fsp3) is 0.211. The molecule has 0 aliphatic carbocycles. The average Bonchev–Trinajstić information content (AvgIpc) is 2.61. The lowest BCUT2D eigenvalue weighted by Gasteiger charge is -2.27. The van der Waals surface area contributed by atoms with Gasteiger partial charge in [0.1, 0.15) is 5.82 Å². The number of benzene rings is 2. The molecule has 2 aromatic rings. The highest BCUT2D eigenvalue weighted by Crippen LogP contribution is 2.22. The Kier molecular flexibility index (Phi) is 4.71. The van der Waals surface area contributed by atoms with E-state index in [-0.39, 0.29) is 11.8 Å². The largest absolute Gasteiger partial charge is 0.334 e. The maximum Gasteiger partial charge on any atom is 0.317 e. The van der Waals surface area contributed by atoms with Crippen LogP contribution in [-0.4, -0.2) is 24.0 Å². The molecule has 23 heavy (non-hydrogen) atoms. The summed E-state index contributed by atoms with van der Waals surface area (Å²) in [5, 5.41) is 2.94. The molecular weight excluding hydrogens is 291 g/mol. The quantitative estimate of drug-likeness (QED) is 0.918. The second-order valence-corrected chi connectivity index (χ2v) is 5.58. The van der Waals surface area contributed by atoms with E-state index in [0.717, 1.165) is 23.1 Å². The second-order valence-electron chi connectivity index (χ2n) is 5.58. The number of halogens is 1. The summed E-state index contributed by atoms with van der Waals surface area (Å²) in [5.41, 5.74) is 3.27. The van der Waals surface area contributed by atoms with Crippen LogP contribution in [0.2, 0.25) is 0 Å². The number of urea groups is 1. The minimum Gasteiger partial charge on any atom is -0.334 e. The molecule has 2 aromatic carbocycles. The van der Waals surface area contributed by atoms with Crippen LogP contribution in [-0.2, 0) is 6.54 Å². The number of amides is 2. The molecule has 1 aliphatic heterocycles. The van der Waals surface area contributed by atoms with E-state index in [1.54, 1.807) is 17.0 Å². The molecule has 3 rings (SSSR count). The molecule has 1 N–H and O–H groups in total. The van der Waals surface area contributed by atoms with Crippen molar-refractivity contribution in [3.8, 4) is 0 Å². The molecule has 0 saturated carbocycles. The number of nitrogens with zero attached hydrogens (tertiary/aromatic N) is 1. The molecule has 0 atom stereocenters. The zero-order valence-electron chi connectivity index (χ0n) is 12.8. The summed E-state index contributed by atoms with van der Waals surface area (Å²) in [4.78, 5) is 14.0. The minimum absolute atomic E-state index is 0.0525. The van der Waals surface area contributed by atoms with Gasteiger partial charge in [-0.15, -0.1) is 0 Å². The van der Waals surface area contributed by atoms with Crippen molar-refractivity contribution < 1.29 is 9.18 Å². The van der Waals surface area contributed by atoms with Gasteiger partial charge < -0.3 is 10.2 Å². The topological polar surface area (TPSA) is 32.3 Å². The van der Waals surface area contributed by atoms with Gasteiger partial charge in [0.2, 0.25) is 0 Å². The average molecular weight is 310 g/mol. The molecule has 1 aliphatic rings. The first-order valence-electron chi connectivity index (χ1n) is 7.74. The summed E-state index contributed by atoms with van der Waals surface area (Å²) in [6.07, 6.45) is 2.82. The van der Waals surface area contributed by atoms with Crippen LogP contribution < -0.4 is 5.32 Å². The van der Waals surface area contributed by atoms with Gasteiger partial charge in [0.15, 0.2) is 0 Å². The minimum atomic E-state index is -0.230. The molecule has 0 aromatic heterocycles. The van der Waals surface area contributed by atoms with E-state index in [1.165, 1.54) is 12.1 Å². The van der Waals surface area contributed by atoms with E-state index >= 15 is 0 Å². The Morgan fingerprint density at radius 1 is 1.09 bits per heavy atom. The standard InChI is InChI=1S/C19H19FN2O/c20-18-8-6-16(7-9-18)17-10-12-22(13-11-17)19(23)21-14-15-4-2-1-3-5-15/h1-10H,11-14H2,(H,21,23). The third kappa shape index (κ3) is 3.97. The van der Waals surface area contributed by atoms with E-state index in [1.807, 2.05) is 36.4 Å². The monoisotopic (exact) mass is 310 g/mol. The first-order valence-corrected chi connectivity index (χ1v) is 7.74. The highest BCUT2D eigenvalue weighted by Gasteiger charge is 2.17. The smallest absolute Gasteiger partial charge is 0.317 e. The maximum absolute atomic E-state index is 13.0. The SMILES string of the molecule is O=C(NCc1ccccc1)N1CC=C(c2ccc(F)cc2)CC1. The van der Waals surface area contributed by atoms with E-state index in [0.29, 0.717) is 19.6 Å². The van der Waals surface area contributed by atoms with Crippen molar-refractivity contribution in [2.75, 3.05) is 13.1 Å². The van der Waals surface area contributed by atoms with Crippen molar-refractivity contribution in [1.29, 1.82) is 0 Å². The Bertz CT molecular complexity index is 695. The van der Waals surface area contributed by atoms with Crippen LogP contribution in [0, 0.1) is 5.82 Å². The first kappa shape index (κ1) is 15.3. The fourth-order valence-electron chi connectivity index (χ4n) is 2.67. The molecule has 3 nitrogen and oxygen atoms in total. The Morgan fingerprint density at radius 3 is 2.48 bits per heavy atom. The number of carbonyl (C=O) groups is 1. The van der Waals surface area contributed by atoms with Gasteiger partial charge in [-0.25, -0.2) is 9.18 Å². The normalized spacial score (nSPS) is 14.3. The lowest BCUT2D eigenvalue weighted by molar-refractivity contribution is 0.202. The molecule has 0 saturated heterocycles. The molecule has 0 fully saturated rings. The third-order valence-electron chi connectivity index (χ3n) is 4.00. The van der Waals surface area contributed by atoms with Gasteiger partial charge in [0.25, 0.3) is 0 Å². The first-order chi connectivity index (χ1) is 11.2. The molecule has 118 valence electrons. The number of rotatable bonds is 3. The number of hydrogen-bond donors (Lipinski definition) is 1.